The molecule has 3 fully saturated rings. The fraction of sp³-hybridized carbons (Fsp3) is 0.583. The fourth-order valence-electron chi connectivity index (χ4n) is 5.85. The Bertz CT molecular complexity index is 943. The summed E-state index contributed by atoms with van der Waals surface area (Å²) in [7, 11) is 0. The molecule has 30 heavy (non-hydrogen) atoms. The number of rotatable bonds is 3. The first-order chi connectivity index (χ1) is 14.5. The molecule has 2 saturated heterocycles. The van der Waals surface area contributed by atoms with E-state index in [1.807, 2.05) is 18.2 Å². The molecule has 5 nitrogen and oxygen atoms in total. The minimum Gasteiger partial charge on any atom is -0.393 e. The Morgan fingerprint density at radius 2 is 1.83 bits per heavy atom. The molecule has 1 spiro atoms. The van der Waals surface area contributed by atoms with Crippen LogP contribution in [0.4, 0.5) is 0 Å². The van der Waals surface area contributed by atoms with E-state index in [0.29, 0.717) is 18.5 Å². The van der Waals surface area contributed by atoms with Crippen LogP contribution >= 0.6 is 11.6 Å². The lowest BCUT2D eigenvalue weighted by atomic mass is 9.82. The maximum atomic E-state index is 13.8. The second-order valence-electron chi connectivity index (χ2n) is 9.26. The number of hydrogen-bond acceptors (Lipinski definition) is 4. The zero-order valence-electron chi connectivity index (χ0n) is 17.4. The van der Waals surface area contributed by atoms with Gasteiger partial charge in [-0.2, -0.15) is 0 Å². The van der Waals surface area contributed by atoms with Gasteiger partial charge in [0.15, 0.2) is 0 Å². The first-order valence-electron chi connectivity index (χ1n) is 11.3. The van der Waals surface area contributed by atoms with Crippen LogP contribution in [0.5, 0.6) is 0 Å². The first-order valence-corrected chi connectivity index (χ1v) is 11.7. The van der Waals surface area contributed by atoms with Crippen molar-refractivity contribution in [3.8, 4) is 0 Å². The molecule has 1 aliphatic carbocycles. The van der Waals surface area contributed by atoms with Gasteiger partial charge >= 0.3 is 0 Å². The van der Waals surface area contributed by atoms with Gasteiger partial charge in [-0.25, -0.2) is 0 Å². The molecule has 1 aromatic carbocycles. The van der Waals surface area contributed by atoms with Crippen LogP contribution in [-0.2, 0) is 11.3 Å². The van der Waals surface area contributed by atoms with Crippen LogP contribution < -0.4 is 0 Å². The van der Waals surface area contributed by atoms with E-state index in [4.69, 9.17) is 16.6 Å². The summed E-state index contributed by atoms with van der Waals surface area (Å²) in [5.41, 5.74) is 1.59. The number of nitrogens with zero attached hydrogens (tertiary/aromatic N) is 3. The SMILES string of the molecule is O=C1N(C2CCC(O)CC2)CCCC12CCCN2Cc1ccc2cc(Cl)ccc2n1. The monoisotopic (exact) mass is 427 g/mol. The van der Waals surface area contributed by atoms with Crippen molar-refractivity contribution in [2.75, 3.05) is 13.1 Å². The molecule has 0 bridgehead atoms. The summed E-state index contributed by atoms with van der Waals surface area (Å²) in [6, 6.07) is 10.2. The number of amides is 1. The van der Waals surface area contributed by atoms with Gasteiger partial charge in [0.05, 0.1) is 17.3 Å². The van der Waals surface area contributed by atoms with Crippen molar-refractivity contribution in [3.63, 3.8) is 0 Å². The zero-order valence-corrected chi connectivity index (χ0v) is 18.2. The van der Waals surface area contributed by atoms with Gasteiger partial charge in [0, 0.05) is 29.5 Å². The second kappa shape index (κ2) is 8.10. The van der Waals surface area contributed by atoms with Crippen molar-refractivity contribution in [3.05, 3.63) is 41.0 Å². The van der Waals surface area contributed by atoms with Crippen molar-refractivity contribution < 1.29 is 9.90 Å². The topological polar surface area (TPSA) is 56.7 Å². The number of carbonyl (C=O) groups excluding carboxylic acids is 1. The smallest absolute Gasteiger partial charge is 0.243 e. The standard InChI is InChI=1S/C24H30ClN3O2/c25-18-4-10-22-17(15-18)3-5-19(26-22)16-27-13-1-11-24(27)12-2-14-28(23(24)30)20-6-8-21(29)9-7-20/h3-5,10,15,20-21,29H,1-2,6-9,11-14,16H2. The number of aliphatic hydroxyl groups is 1. The van der Waals surface area contributed by atoms with Crippen LogP contribution in [-0.4, -0.2) is 56.6 Å². The highest BCUT2D eigenvalue weighted by Crippen LogP contribution is 2.41. The van der Waals surface area contributed by atoms with Crippen molar-refractivity contribution in [1.82, 2.24) is 14.8 Å². The molecular weight excluding hydrogens is 398 g/mol. The molecule has 160 valence electrons. The number of pyridine rings is 1. The summed E-state index contributed by atoms with van der Waals surface area (Å²) in [4.78, 5) is 23.2. The van der Waals surface area contributed by atoms with Gasteiger partial charge in [-0.15, -0.1) is 0 Å². The van der Waals surface area contributed by atoms with Crippen molar-refractivity contribution >= 4 is 28.4 Å². The van der Waals surface area contributed by atoms with Crippen molar-refractivity contribution in [1.29, 1.82) is 0 Å². The van der Waals surface area contributed by atoms with Crippen LogP contribution in [0.15, 0.2) is 30.3 Å². The number of benzene rings is 1. The third-order valence-corrected chi connectivity index (χ3v) is 7.68. The number of carbonyl (C=O) groups is 1. The highest BCUT2D eigenvalue weighted by atomic mass is 35.5. The van der Waals surface area contributed by atoms with Crippen molar-refractivity contribution in [2.24, 2.45) is 0 Å². The minimum atomic E-state index is -0.370. The molecule has 0 radical (unpaired) electrons. The number of fused-ring (bicyclic) bond motifs is 1. The molecule has 1 atom stereocenters. The molecule has 2 aliphatic heterocycles. The predicted octanol–water partition coefficient (Wildman–Crippen LogP) is 4.15. The summed E-state index contributed by atoms with van der Waals surface area (Å²) in [5.74, 6) is 0.320. The Labute approximate surface area is 183 Å². The molecule has 1 N–H and O–H groups in total. The van der Waals surface area contributed by atoms with Crippen molar-refractivity contribution in [2.45, 2.75) is 75.6 Å². The largest absolute Gasteiger partial charge is 0.393 e. The number of piperidine rings is 1. The normalized spacial score (nSPS) is 30.5. The lowest BCUT2D eigenvalue weighted by Crippen LogP contribution is -2.62. The van der Waals surface area contributed by atoms with Gasteiger partial charge in [-0.05, 0) is 82.2 Å². The molecule has 1 saturated carbocycles. The highest BCUT2D eigenvalue weighted by molar-refractivity contribution is 6.31. The average molecular weight is 428 g/mol. The number of likely N-dealkylation sites (tertiary alicyclic amines) is 2. The van der Waals surface area contributed by atoms with Crippen LogP contribution in [0.1, 0.15) is 57.1 Å². The Morgan fingerprint density at radius 3 is 2.63 bits per heavy atom. The summed E-state index contributed by atoms with van der Waals surface area (Å²) >= 11 is 6.10. The third kappa shape index (κ3) is 3.61. The van der Waals surface area contributed by atoms with Gasteiger partial charge in [-0.3, -0.25) is 14.7 Å². The Balaban J connectivity index is 1.37. The zero-order chi connectivity index (χ0) is 20.7. The molecule has 1 amide bonds. The number of hydrogen-bond donors (Lipinski definition) is 1. The number of halogens is 1. The first kappa shape index (κ1) is 20.2. The quantitative estimate of drug-likeness (QED) is 0.799. The van der Waals surface area contributed by atoms with E-state index in [1.165, 1.54) is 0 Å². The van der Waals surface area contributed by atoms with Crippen LogP contribution in [0.3, 0.4) is 0 Å². The molecule has 3 heterocycles. The summed E-state index contributed by atoms with van der Waals surface area (Å²) in [6.07, 6.45) is 7.31. The van der Waals surface area contributed by atoms with Gasteiger partial charge in [0.2, 0.25) is 5.91 Å². The summed E-state index contributed by atoms with van der Waals surface area (Å²) in [5, 5.41) is 11.6. The molecule has 6 heteroatoms. The second-order valence-corrected chi connectivity index (χ2v) is 9.70. The lowest BCUT2D eigenvalue weighted by molar-refractivity contribution is -0.152. The van der Waals surface area contributed by atoms with Gasteiger partial charge < -0.3 is 10.0 Å². The van der Waals surface area contributed by atoms with Gasteiger partial charge in [0.25, 0.3) is 0 Å². The van der Waals surface area contributed by atoms with Gasteiger partial charge in [0.1, 0.15) is 5.54 Å². The Morgan fingerprint density at radius 1 is 1.07 bits per heavy atom. The van der Waals surface area contributed by atoms with Crippen LogP contribution in [0.25, 0.3) is 10.9 Å². The van der Waals surface area contributed by atoms with E-state index >= 15 is 0 Å². The predicted molar refractivity (Wildman–Crippen MR) is 118 cm³/mol. The molecule has 3 aliphatic rings. The van der Waals surface area contributed by atoms with E-state index in [2.05, 4.69) is 21.9 Å². The van der Waals surface area contributed by atoms with E-state index in [9.17, 15) is 9.90 Å². The average Bonchev–Trinajstić information content (AvgIpc) is 3.14. The van der Waals surface area contributed by atoms with E-state index < -0.39 is 0 Å². The van der Waals surface area contributed by atoms with Gasteiger partial charge in [-0.1, -0.05) is 17.7 Å². The maximum absolute atomic E-state index is 13.8. The Kier molecular flexibility index (Phi) is 5.46. The summed E-state index contributed by atoms with van der Waals surface area (Å²) < 4.78 is 0. The molecule has 1 unspecified atom stereocenters. The number of aromatic nitrogens is 1. The fourth-order valence-corrected chi connectivity index (χ4v) is 6.03. The molecule has 5 rings (SSSR count). The molecule has 2 aromatic rings. The highest BCUT2D eigenvalue weighted by Gasteiger charge is 2.52. The molecule has 1 aromatic heterocycles. The van der Waals surface area contributed by atoms with E-state index in [-0.39, 0.29) is 11.6 Å². The minimum absolute atomic E-state index is 0.188. The van der Waals surface area contributed by atoms with E-state index in [1.54, 1.807) is 0 Å². The third-order valence-electron chi connectivity index (χ3n) is 7.44. The molecular formula is C24H30ClN3O2. The maximum Gasteiger partial charge on any atom is 0.243 e. The van der Waals surface area contributed by atoms with Crippen LogP contribution in [0, 0.1) is 0 Å². The van der Waals surface area contributed by atoms with E-state index in [0.717, 1.165) is 86.1 Å². The van der Waals surface area contributed by atoms with Crippen LogP contribution in [0.2, 0.25) is 5.02 Å². The Hall–Kier alpha value is -1.69. The number of aliphatic hydroxyl groups excluding tert-OH is 1. The summed E-state index contributed by atoms with van der Waals surface area (Å²) in [6.45, 7) is 2.52. The lowest BCUT2D eigenvalue weighted by Gasteiger charge is -2.48.